The summed E-state index contributed by atoms with van der Waals surface area (Å²) < 4.78 is 37.8. The zero-order chi connectivity index (χ0) is 17.2. The Labute approximate surface area is 144 Å². The summed E-state index contributed by atoms with van der Waals surface area (Å²) >= 11 is 17.5. The zero-order valence-electron chi connectivity index (χ0n) is 11.2. The quantitative estimate of drug-likeness (QED) is 0.433. The molecule has 122 valence electrons. The number of rotatable bonds is 3. The molecule has 1 N–H and O–H groups in total. The summed E-state index contributed by atoms with van der Waals surface area (Å²) in [4.78, 5) is 3.69. The van der Waals surface area contributed by atoms with Crippen LogP contribution in [0.5, 0.6) is 0 Å². The molecule has 0 amide bonds. The fourth-order valence-electron chi connectivity index (χ4n) is 1.78. The average Bonchev–Trinajstić information content (AvgIpc) is 2.48. The lowest BCUT2D eigenvalue weighted by atomic mass is 10.0. The summed E-state index contributed by atoms with van der Waals surface area (Å²) in [6.45, 7) is 0. The van der Waals surface area contributed by atoms with Gasteiger partial charge in [-0.15, -0.1) is 0 Å². The van der Waals surface area contributed by atoms with Gasteiger partial charge >= 0.3 is 6.18 Å². The SMILES string of the molecule is O/N=C(\Cc1ncc(C(F)(F)F)cc1Cl)c1ccc(Cl)c(Cl)c1. The minimum Gasteiger partial charge on any atom is -0.411 e. The molecule has 9 heteroatoms. The number of benzene rings is 1. The molecular weight excluding hydrogens is 376 g/mol. The zero-order valence-corrected chi connectivity index (χ0v) is 13.5. The van der Waals surface area contributed by atoms with E-state index in [0.29, 0.717) is 16.8 Å². The van der Waals surface area contributed by atoms with E-state index in [1.54, 1.807) is 6.07 Å². The Kier molecular flexibility index (Phi) is 5.39. The maximum absolute atomic E-state index is 12.6. The van der Waals surface area contributed by atoms with Gasteiger partial charge in [0.1, 0.15) is 0 Å². The van der Waals surface area contributed by atoms with Crippen LogP contribution < -0.4 is 0 Å². The summed E-state index contributed by atoms with van der Waals surface area (Å²) in [6, 6.07) is 5.30. The van der Waals surface area contributed by atoms with Crippen LogP contribution >= 0.6 is 34.8 Å². The second kappa shape index (κ2) is 6.95. The molecule has 2 aromatic rings. The number of nitrogens with zero attached hydrogens (tertiary/aromatic N) is 2. The van der Waals surface area contributed by atoms with Crippen molar-refractivity contribution in [3.8, 4) is 0 Å². The molecule has 0 saturated heterocycles. The van der Waals surface area contributed by atoms with Gasteiger partial charge in [0.15, 0.2) is 0 Å². The Morgan fingerprint density at radius 3 is 2.30 bits per heavy atom. The van der Waals surface area contributed by atoms with Crippen LogP contribution in [0.15, 0.2) is 35.6 Å². The molecule has 0 aliphatic rings. The third-order valence-corrected chi connectivity index (χ3v) is 4.02. The number of alkyl halides is 3. The summed E-state index contributed by atoms with van der Waals surface area (Å²) in [5.41, 5.74) is -0.237. The standard InChI is InChI=1S/C14H8Cl3F3N2O/c15-9-2-1-7(3-10(9)16)12(22-23)5-13-11(17)4-8(6-21-13)14(18,19)20/h1-4,6,23H,5H2/b22-12+. The summed E-state index contributed by atoms with van der Waals surface area (Å²) in [5, 5.41) is 12.7. The molecule has 0 aliphatic heterocycles. The van der Waals surface area contributed by atoms with Crippen LogP contribution in [-0.2, 0) is 12.6 Å². The van der Waals surface area contributed by atoms with E-state index in [0.717, 1.165) is 6.07 Å². The molecule has 0 bridgehead atoms. The first kappa shape index (κ1) is 17.8. The van der Waals surface area contributed by atoms with Crippen LogP contribution in [0, 0.1) is 0 Å². The van der Waals surface area contributed by atoms with Gasteiger partial charge in [0, 0.05) is 18.2 Å². The summed E-state index contributed by atoms with van der Waals surface area (Å²) in [6.07, 6.45) is -3.94. The van der Waals surface area contributed by atoms with Crippen molar-refractivity contribution in [3.05, 3.63) is 62.4 Å². The Morgan fingerprint density at radius 1 is 1.09 bits per heavy atom. The Morgan fingerprint density at radius 2 is 1.78 bits per heavy atom. The van der Waals surface area contributed by atoms with Crippen molar-refractivity contribution < 1.29 is 18.4 Å². The Balaban J connectivity index is 2.31. The van der Waals surface area contributed by atoms with E-state index < -0.39 is 11.7 Å². The highest BCUT2D eigenvalue weighted by atomic mass is 35.5. The van der Waals surface area contributed by atoms with Gasteiger partial charge in [-0.1, -0.05) is 46.0 Å². The van der Waals surface area contributed by atoms with Crippen molar-refractivity contribution >= 4 is 40.5 Å². The number of hydrogen-bond acceptors (Lipinski definition) is 3. The molecule has 1 aromatic carbocycles. The minimum absolute atomic E-state index is 0.0779. The smallest absolute Gasteiger partial charge is 0.411 e. The van der Waals surface area contributed by atoms with Gasteiger partial charge in [0.05, 0.1) is 32.0 Å². The number of hydrogen-bond donors (Lipinski definition) is 1. The van der Waals surface area contributed by atoms with E-state index in [4.69, 9.17) is 40.0 Å². The Hall–Kier alpha value is -1.50. The first-order valence-electron chi connectivity index (χ1n) is 6.10. The molecular formula is C14H8Cl3F3N2O. The van der Waals surface area contributed by atoms with Gasteiger partial charge in [0.2, 0.25) is 0 Å². The van der Waals surface area contributed by atoms with E-state index in [9.17, 15) is 13.2 Å². The fourth-order valence-corrected chi connectivity index (χ4v) is 2.31. The molecule has 0 spiro atoms. The normalized spacial score (nSPS) is 12.5. The second-order valence-electron chi connectivity index (χ2n) is 4.50. The predicted molar refractivity (Wildman–Crippen MR) is 82.7 cm³/mol. The molecule has 1 aromatic heterocycles. The van der Waals surface area contributed by atoms with E-state index in [1.807, 2.05) is 0 Å². The molecule has 0 unspecified atom stereocenters. The molecule has 1 heterocycles. The van der Waals surface area contributed by atoms with Crippen LogP contribution in [-0.4, -0.2) is 15.9 Å². The molecule has 0 aliphatic carbocycles. The first-order chi connectivity index (χ1) is 10.7. The third-order valence-electron chi connectivity index (χ3n) is 2.95. The van der Waals surface area contributed by atoms with Gasteiger partial charge < -0.3 is 5.21 Å². The molecule has 0 fully saturated rings. The molecule has 23 heavy (non-hydrogen) atoms. The lowest BCUT2D eigenvalue weighted by Crippen LogP contribution is -2.10. The Bertz CT molecular complexity index is 763. The topological polar surface area (TPSA) is 45.5 Å². The highest BCUT2D eigenvalue weighted by Crippen LogP contribution is 2.31. The van der Waals surface area contributed by atoms with Gasteiger partial charge in [-0.05, 0) is 18.2 Å². The lowest BCUT2D eigenvalue weighted by Gasteiger charge is -2.10. The first-order valence-corrected chi connectivity index (χ1v) is 7.23. The predicted octanol–water partition coefficient (Wildman–Crippen LogP) is 5.48. The van der Waals surface area contributed by atoms with Crippen molar-refractivity contribution in [1.82, 2.24) is 4.98 Å². The maximum atomic E-state index is 12.6. The lowest BCUT2D eigenvalue weighted by molar-refractivity contribution is -0.137. The van der Waals surface area contributed by atoms with E-state index in [-0.39, 0.29) is 27.9 Å². The summed E-state index contributed by atoms with van der Waals surface area (Å²) in [5.74, 6) is 0. The van der Waals surface area contributed by atoms with Crippen LogP contribution in [0.4, 0.5) is 13.2 Å². The fraction of sp³-hybridized carbons (Fsp3) is 0.143. The van der Waals surface area contributed by atoms with Crippen molar-refractivity contribution in [1.29, 1.82) is 0 Å². The number of halogens is 6. The van der Waals surface area contributed by atoms with Crippen molar-refractivity contribution in [2.24, 2.45) is 5.16 Å². The molecule has 3 nitrogen and oxygen atoms in total. The van der Waals surface area contributed by atoms with Crippen LogP contribution in [0.1, 0.15) is 16.8 Å². The van der Waals surface area contributed by atoms with Crippen molar-refractivity contribution in [3.63, 3.8) is 0 Å². The number of oxime groups is 1. The monoisotopic (exact) mass is 382 g/mol. The summed E-state index contributed by atoms with van der Waals surface area (Å²) in [7, 11) is 0. The number of aromatic nitrogens is 1. The molecule has 0 radical (unpaired) electrons. The average molecular weight is 384 g/mol. The van der Waals surface area contributed by atoms with Gasteiger partial charge in [-0.2, -0.15) is 13.2 Å². The van der Waals surface area contributed by atoms with Crippen molar-refractivity contribution in [2.75, 3.05) is 0 Å². The molecule has 0 saturated carbocycles. The van der Waals surface area contributed by atoms with Gasteiger partial charge in [-0.3, -0.25) is 4.98 Å². The minimum atomic E-state index is -4.53. The van der Waals surface area contributed by atoms with E-state index >= 15 is 0 Å². The highest BCUT2D eigenvalue weighted by Gasteiger charge is 2.31. The molecule has 0 atom stereocenters. The number of pyridine rings is 1. The third kappa shape index (κ3) is 4.28. The second-order valence-corrected chi connectivity index (χ2v) is 5.72. The van der Waals surface area contributed by atoms with Crippen LogP contribution in [0.2, 0.25) is 15.1 Å². The van der Waals surface area contributed by atoms with E-state index in [1.165, 1.54) is 12.1 Å². The highest BCUT2D eigenvalue weighted by molar-refractivity contribution is 6.42. The van der Waals surface area contributed by atoms with E-state index in [2.05, 4.69) is 10.1 Å². The maximum Gasteiger partial charge on any atom is 0.417 e. The van der Waals surface area contributed by atoms with Crippen LogP contribution in [0.3, 0.4) is 0 Å². The largest absolute Gasteiger partial charge is 0.417 e. The van der Waals surface area contributed by atoms with Crippen LogP contribution in [0.25, 0.3) is 0 Å². The van der Waals surface area contributed by atoms with Crippen molar-refractivity contribution in [2.45, 2.75) is 12.6 Å². The van der Waals surface area contributed by atoms with Gasteiger partial charge in [0.25, 0.3) is 0 Å². The molecule has 2 rings (SSSR count). The van der Waals surface area contributed by atoms with Gasteiger partial charge in [-0.25, -0.2) is 0 Å².